The molecule has 3 rings (SSSR count). The summed E-state index contributed by atoms with van der Waals surface area (Å²) in [7, 11) is 3.31. The number of aryl methyl sites for hydroxylation is 1. The molecular weight excluding hydrogens is 372 g/mol. The van der Waals surface area contributed by atoms with Crippen LogP contribution in [0.25, 0.3) is 11.4 Å². The second-order valence-corrected chi connectivity index (χ2v) is 6.55. The minimum absolute atomic E-state index is 0.0707. The number of rotatable bonds is 8. The Kier molecular flexibility index (Phi) is 6.23. The molecule has 0 atom stereocenters. The molecular formula is C21H22N4O4. The van der Waals surface area contributed by atoms with Crippen LogP contribution in [0.3, 0.4) is 0 Å². The first-order chi connectivity index (χ1) is 14.0. The van der Waals surface area contributed by atoms with Crippen LogP contribution in [0.1, 0.15) is 28.2 Å². The zero-order chi connectivity index (χ0) is 20.8. The number of ether oxygens (including phenoxy) is 1. The van der Waals surface area contributed by atoms with Crippen LogP contribution < -0.4 is 10.5 Å². The number of aromatic nitrogens is 2. The van der Waals surface area contributed by atoms with Crippen molar-refractivity contribution in [3.05, 3.63) is 65.5 Å². The normalized spacial score (nSPS) is 10.6. The molecule has 0 aliphatic carbocycles. The Morgan fingerprint density at radius 2 is 1.93 bits per heavy atom. The molecule has 8 heteroatoms. The lowest BCUT2D eigenvalue weighted by molar-refractivity contribution is -0.130. The second kappa shape index (κ2) is 9.01. The molecule has 0 aliphatic heterocycles. The van der Waals surface area contributed by atoms with Crippen LogP contribution >= 0.6 is 0 Å². The van der Waals surface area contributed by atoms with Crippen LogP contribution in [0.4, 0.5) is 0 Å². The largest absolute Gasteiger partial charge is 0.497 e. The summed E-state index contributed by atoms with van der Waals surface area (Å²) in [6.07, 6.45) is 0.573. The highest BCUT2D eigenvalue weighted by atomic mass is 16.5. The predicted octanol–water partition coefficient (Wildman–Crippen LogP) is 2.44. The monoisotopic (exact) mass is 394 g/mol. The molecule has 1 aromatic heterocycles. The van der Waals surface area contributed by atoms with E-state index in [9.17, 15) is 9.59 Å². The fourth-order valence-corrected chi connectivity index (χ4v) is 2.80. The summed E-state index contributed by atoms with van der Waals surface area (Å²) in [6.45, 7) is 0.376. The lowest BCUT2D eigenvalue weighted by atomic mass is 10.1. The van der Waals surface area contributed by atoms with Crippen molar-refractivity contribution in [3.8, 4) is 17.1 Å². The second-order valence-electron chi connectivity index (χ2n) is 6.55. The number of primary amides is 1. The molecule has 150 valence electrons. The first-order valence-corrected chi connectivity index (χ1v) is 9.06. The molecule has 2 aromatic carbocycles. The van der Waals surface area contributed by atoms with Gasteiger partial charge in [-0.25, -0.2) is 0 Å². The van der Waals surface area contributed by atoms with Gasteiger partial charge in [0.2, 0.25) is 23.5 Å². The summed E-state index contributed by atoms with van der Waals surface area (Å²) in [5.74, 6) is 1.04. The Morgan fingerprint density at radius 3 is 2.62 bits per heavy atom. The maximum absolute atomic E-state index is 12.4. The highest BCUT2D eigenvalue weighted by molar-refractivity contribution is 5.92. The molecule has 3 aromatic rings. The molecule has 0 aliphatic rings. The van der Waals surface area contributed by atoms with Gasteiger partial charge in [0.05, 0.1) is 7.11 Å². The Bertz CT molecular complexity index is 998. The summed E-state index contributed by atoms with van der Waals surface area (Å²) in [6, 6.07) is 14.2. The molecule has 0 saturated carbocycles. The lowest BCUT2D eigenvalue weighted by Crippen LogP contribution is -2.26. The Labute approximate surface area is 168 Å². The number of benzene rings is 2. The van der Waals surface area contributed by atoms with E-state index >= 15 is 0 Å². The number of hydrogen-bond acceptors (Lipinski definition) is 6. The first-order valence-electron chi connectivity index (χ1n) is 9.06. The van der Waals surface area contributed by atoms with Gasteiger partial charge in [-0.15, -0.1) is 0 Å². The zero-order valence-electron chi connectivity index (χ0n) is 16.3. The Balaban J connectivity index is 1.55. The molecule has 0 saturated heterocycles. The van der Waals surface area contributed by atoms with Crippen molar-refractivity contribution in [2.24, 2.45) is 5.73 Å². The highest BCUT2D eigenvalue weighted by Crippen LogP contribution is 2.20. The van der Waals surface area contributed by atoms with E-state index in [1.165, 1.54) is 0 Å². The van der Waals surface area contributed by atoms with Crippen molar-refractivity contribution >= 4 is 11.8 Å². The van der Waals surface area contributed by atoms with Gasteiger partial charge in [-0.2, -0.15) is 4.98 Å². The third-order valence-corrected chi connectivity index (χ3v) is 4.43. The van der Waals surface area contributed by atoms with Crippen LogP contribution in [-0.4, -0.2) is 41.0 Å². The summed E-state index contributed by atoms with van der Waals surface area (Å²) in [5, 5.41) is 3.96. The average Bonchev–Trinajstić information content (AvgIpc) is 3.21. The van der Waals surface area contributed by atoms with Crippen LogP contribution in [0.5, 0.6) is 5.75 Å². The molecule has 0 unspecified atom stereocenters. The average molecular weight is 394 g/mol. The smallest absolute Gasteiger partial charge is 0.248 e. The topological polar surface area (TPSA) is 112 Å². The lowest BCUT2D eigenvalue weighted by Gasteiger charge is -2.17. The quantitative estimate of drug-likeness (QED) is 0.628. The predicted molar refractivity (Wildman–Crippen MR) is 106 cm³/mol. The van der Waals surface area contributed by atoms with Crippen molar-refractivity contribution in [2.45, 2.75) is 19.4 Å². The van der Waals surface area contributed by atoms with Gasteiger partial charge in [0.15, 0.2) is 0 Å². The first kappa shape index (κ1) is 20.1. The minimum atomic E-state index is -0.495. The summed E-state index contributed by atoms with van der Waals surface area (Å²) in [5.41, 5.74) is 7.35. The van der Waals surface area contributed by atoms with E-state index in [-0.39, 0.29) is 12.3 Å². The molecule has 29 heavy (non-hydrogen) atoms. The van der Waals surface area contributed by atoms with E-state index in [0.29, 0.717) is 30.2 Å². The van der Waals surface area contributed by atoms with Gasteiger partial charge in [-0.3, -0.25) is 9.59 Å². The maximum Gasteiger partial charge on any atom is 0.248 e. The van der Waals surface area contributed by atoms with Crippen molar-refractivity contribution in [2.75, 3.05) is 14.2 Å². The van der Waals surface area contributed by atoms with Gasteiger partial charge < -0.3 is 19.9 Å². The summed E-state index contributed by atoms with van der Waals surface area (Å²) < 4.78 is 10.4. The highest BCUT2D eigenvalue weighted by Gasteiger charge is 2.14. The fraction of sp³-hybridized carbons (Fsp3) is 0.238. The number of nitrogens with zero attached hydrogens (tertiary/aromatic N) is 3. The van der Waals surface area contributed by atoms with E-state index in [4.69, 9.17) is 15.0 Å². The van der Waals surface area contributed by atoms with Crippen molar-refractivity contribution in [3.63, 3.8) is 0 Å². The van der Waals surface area contributed by atoms with Crippen molar-refractivity contribution in [1.82, 2.24) is 15.0 Å². The standard InChI is InChI=1S/C21H22N4O4/c1-25(13-14-4-3-5-16(12-14)20(22)27)19(26)11-10-18-23-21(24-29-18)15-6-8-17(28-2)9-7-15/h3-9,12H,10-11,13H2,1-2H3,(H2,22,27). The van der Waals surface area contributed by atoms with Gasteiger partial charge in [0.1, 0.15) is 5.75 Å². The van der Waals surface area contributed by atoms with Crippen LogP contribution in [0.2, 0.25) is 0 Å². The third kappa shape index (κ3) is 5.19. The summed E-state index contributed by atoms with van der Waals surface area (Å²) >= 11 is 0. The third-order valence-electron chi connectivity index (χ3n) is 4.43. The number of amides is 2. The minimum Gasteiger partial charge on any atom is -0.497 e. The van der Waals surface area contributed by atoms with Crippen molar-refractivity contribution < 1.29 is 18.8 Å². The Morgan fingerprint density at radius 1 is 1.17 bits per heavy atom. The van der Waals surface area contributed by atoms with Crippen molar-refractivity contribution in [1.29, 1.82) is 0 Å². The SMILES string of the molecule is COc1ccc(-c2noc(CCC(=O)N(C)Cc3cccc(C(N)=O)c3)n2)cc1. The zero-order valence-corrected chi connectivity index (χ0v) is 16.3. The fourth-order valence-electron chi connectivity index (χ4n) is 2.80. The molecule has 8 nitrogen and oxygen atoms in total. The molecule has 1 heterocycles. The van der Waals surface area contributed by atoms with Crippen LogP contribution in [0, 0.1) is 0 Å². The number of nitrogens with two attached hydrogens (primary N) is 1. The van der Waals surface area contributed by atoms with E-state index < -0.39 is 5.91 Å². The molecule has 2 amide bonds. The van der Waals surface area contributed by atoms with Gasteiger partial charge in [-0.05, 0) is 42.0 Å². The molecule has 0 radical (unpaired) electrons. The number of hydrogen-bond donors (Lipinski definition) is 1. The molecule has 2 N–H and O–H groups in total. The molecule has 0 fully saturated rings. The van der Waals surface area contributed by atoms with Gasteiger partial charge in [0.25, 0.3) is 0 Å². The van der Waals surface area contributed by atoms with E-state index in [1.54, 1.807) is 37.3 Å². The van der Waals surface area contributed by atoms with Crippen LogP contribution in [-0.2, 0) is 17.8 Å². The summed E-state index contributed by atoms with van der Waals surface area (Å²) in [4.78, 5) is 29.6. The van der Waals surface area contributed by atoms with E-state index in [2.05, 4.69) is 10.1 Å². The number of methoxy groups -OCH3 is 1. The maximum atomic E-state index is 12.4. The van der Waals surface area contributed by atoms with Gasteiger partial charge in [0, 0.05) is 37.6 Å². The van der Waals surface area contributed by atoms with Crippen LogP contribution in [0.15, 0.2) is 53.1 Å². The Hall–Kier alpha value is -3.68. The number of carbonyl (C=O) groups is 2. The number of carbonyl (C=O) groups excluding carboxylic acids is 2. The molecule has 0 spiro atoms. The van der Waals surface area contributed by atoms with Gasteiger partial charge >= 0.3 is 0 Å². The molecule has 0 bridgehead atoms. The van der Waals surface area contributed by atoms with E-state index in [1.807, 2.05) is 30.3 Å². The van der Waals surface area contributed by atoms with Gasteiger partial charge in [-0.1, -0.05) is 17.3 Å². The van der Waals surface area contributed by atoms with E-state index in [0.717, 1.165) is 16.9 Å².